The second-order valence-electron chi connectivity index (χ2n) is 5.90. The fourth-order valence-electron chi connectivity index (χ4n) is 2.86. The molecule has 2 N–H and O–H groups in total. The Balaban J connectivity index is 1.82. The van der Waals surface area contributed by atoms with E-state index in [4.69, 9.17) is 9.84 Å². The van der Waals surface area contributed by atoms with Gasteiger partial charge in [0.15, 0.2) is 0 Å². The van der Waals surface area contributed by atoms with Gasteiger partial charge >= 0.3 is 6.09 Å². The van der Waals surface area contributed by atoms with Gasteiger partial charge in [0.2, 0.25) is 5.91 Å². The number of benzene rings is 1. The lowest BCUT2D eigenvalue weighted by molar-refractivity contribution is -0.118. The van der Waals surface area contributed by atoms with E-state index in [1.165, 1.54) is 23.4 Å². The lowest BCUT2D eigenvalue weighted by Crippen LogP contribution is -2.31. The van der Waals surface area contributed by atoms with Crippen LogP contribution in [-0.4, -0.2) is 42.3 Å². The van der Waals surface area contributed by atoms with E-state index in [9.17, 15) is 14.0 Å². The monoisotopic (exact) mass is 359 g/mol. The van der Waals surface area contributed by atoms with Crippen molar-refractivity contribution in [1.82, 2.24) is 10.3 Å². The molecule has 0 fully saturated rings. The van der Waals surface area contributed by atoms with Crippen molar-refractivity contribution in [1.29, 1.82) is 0 Å². The van der Waals surface area contributed by atoms with E-state index in [0.717, 1.165) is 5.56 Å². The summed E-state index contributed by atoms with van der Waals surface area (Å²) in [5, 5.41) is 10.7. The average Bonchev–Trinajstić information content (AvgIpc) is 2.62. The Bertz CT molecular complexity index is 856. The van der Waals surface area contributed by atoms with E-state index in [0.29, 0.717) is 35.4 Å². The molecule has 0 saturated carbocycles. The molecule has 0 bridgehead atoms. The second kappa shape index (κ2) is 7.38. The van der Waals surface area contributed by atoms with Crippen LogP contribution in [0.25, 0.3) is 11.1 Å². The molecule has 3 rings (SSSR count). The molecule has 0 unspecified atom stereocenters. The molecule has 8 heteroatoms. The Labute approximate surface area is 149 Å². The third-order valence-corrected chi connectivity index (χ3v) is 4.18. The summed E-state index contributed by atoms with van der Waals surface area (Å²) < 4.78 is 20.0. The van der Waals surface area contributed by atoms with E-state index in [-0.39, 0.29) is 19.1 Å². The van der Waals surface area contributed by atoms with Crippen LogP contribution in [0, 0.1) is 5.82 Å². The zero-order valence-corrected chi connectivity index (χ0v) is 14.2. The molecule has 0 atom stereocenters. The molecule has 1 aliphatic heterocycles. The molecule has 2 aromatic rings. The summed E-state index contributed by atoms with van der Waals surface area (Å²) in [5.74, 6) is -0.0624. The molecule has 26 heavy (non-hydrogen) atoms. The van der Waals surface area contributed by atoms with Gasteiger partial charge in [0.05, 0.1) is 12.7 Å². The fourth-order valence-corrected chi connectivity index (χ4v) is 2.86. The third kappa shape index (κ3) is 3.74. The number of nitrogens with zero attached hydrogens (tertiary/aromatic N) is 2. The smallest absolute Gasteiger partial charge is 0.404 e. The highest BCUT2D eigenvalue weighted by atomic mass is 19.1. The van der Waals surface area contributed by atoms with Crippen LogP contribution >= 0.6 is 0 Å². The third-order valence-electron chi connectivity index (χ3n) is 4.18. The van der Waals surface area contributed by atoms with Gasteiger partial charge in [0.1, 0.15) is 18.2 Å². The van der Waals surface area contributed by atoms with Crippen molar-refractivity contribution in [3.63, 3.8) is 0 Å². The van der Waals surface area contributed by atoms with Crippen molar-refractivity contribution < 1.29 is 23.8 Å². The van der Waals surface area contributed by atoms with Crippen molar-refractivity contribution in [2.75, 3.05) is 25.1 Å². The summed E-state index contributed by atoms with van der Waals surface area (Å²) in [7, 11) is 1.64. The predicted octanol–water partition coefficient (Wildman–Crippen LogP) is 2.44. The van der Waals surface area contributed by atoms with Crippen LogP contribution < -0.4 is 15.0 Å². The number of nitrogens with one attached hydrogen (secondary N) is 1. The Morgan fingerprint density at radius 3 is 2.92 bits per heavy atom. The summed E-state index contributed by atoms with van der Waals surface area (Å²) in [5.41, 5.74) is 2.42. The number of hydrogen-bond donors (Lipinski definition) is 2. The summed E-state index contributed by atoms with van der Waals surface area (Å²) in [6.45, 7) is 0.268. The normalized spacial score (nSPS) is 13.3. The van der Waals surface area contributed by atoms with Gasteiger partial charge in [-0.3, -0.25) is 9.78 Å². The van der Waals surface area contributed by atoms with E-state index in [2.05, 4.69) is 10.3 Å². The minimum Gasteiger partial charge on any atom is -0.490 e. The van der Waals surface area contributed by atoms with Crippen LogP contribution in [0.4, 0.5) is 14.9 Å². The topological polar surface area (TPSA) is 91.8 Å². The van der Waals surface area contributed by atoms with Gasteiger partial charge in [-0.15, -0.1) is 0 Å². The van der Waals surface area contributed by atoms with Gasteiger partial charge < -0.3 is 20.1 Å². The van der Waals surface area contributed by atoms with Crippen molar-refractivity contribution in [3.05, 3.63) is 42.0 Å². The number of carbonyl (C=O) groups excluding carboxylic acids is 1. The van der Waals surface area contributed by atoms with Crippen molar-refractivity contribution in [2.45, 2.75) is 12.8 Å². The van der Waals surface area contributed by atoms with E-state index >= 15 is 0 Å². The number of amides is 2. The molecule has 2 heterocycles. The quantitative estimate of drug-likeness (QED) is 0.800. The Morgan fingerprint density at radius 1 is 1.35 bits per heavy atom. The van der Waals surface area contributed by atoms with Gasteiger partial charge in [-0.1, -0.05) is 0 Å². The van der Waals surface area contributed by atoms with Gasteiger partial charge in [-0.2, -0.15) is 0 Å². The molecule has 1 aromatic heterocycles. The lowest BCUT2D eigenvalue weighted by atomic mass is 9.96. The molecule has 1 aliphatic rings. The first-order valence-corrected chi connectivity index (χ1v) is 8.09. The highest BCUT2D eigenvalue weighted by molar-refractivity contribution is 5.96. The number of anilines is 1. The number of carbonyl (C=O) groups is 2. The van der Waals surface area contributed by atoms with Crippen molar-refractivity contribution in [3.8, 4) is 16.9 Å². The number of halogens is 1. The standard InChI is InChI=1S/C18H18FN3O4/c1-22-16-8-15(19)14(7-11(16)2-3-17(22)23)12-6-13(10-20-9-12)26-5-4-21-18(24)25/h6-10,21H,2-5H2,1H3,(H,24,25). The van der Waals surface area contributed by atoms with Crippen LogP contribution in [0.5, 0.6) is 5.75 Å². The van der Waals surface area contributed by atoms with Crippen LogP contribution in [0.3, 0.4) is 0 Å². The maximum Gasteiger partial charge on any atom is 0.404 e. The molecule has 0 radical (unpaired) electrons. The largest absolute Gasteiger partial charge is 0.490 e. The Morgan fingerprint density at radius 2 is 2.15 bits per heavy atom. The highest BCUT2D eigenvalue weighted by Gasteiger charge is 2.23. The first-order chi connectivity index (χ1) is 12.5. The molecule has 0 aliphatic carbocycles. The maximum atomic E-state index is 14.6. The number of rotatable bonds is 5. The molecule has 136 valence electrons. The number of carboxylic acid groups (broad SMARTS) is 1. The fraction of sp³-hybridized carbons (Fsp3) is 0.278. The van der Waals surface area contributed by atoms with Gasteiger partial charge in [-0.05, 0) is 30.2 Å². The molecule has 0 saturated heterocycles. The van der Waals surface area contributed by atoms with Gasteiger partial charge in [0, 0.05) is 36.5 Å². The number of hydrogen-bond acceptors (Lipinski definition) is 4. The molecular weight excluding hydrogens is 341 g/mol. The first kappa shape index (κ1) is 17.7. The van der Waals surface area contributed by atoms with Crippen LogP contribution in [-0.2, 0) is 11.2 Å². The minimum atomic E-state index is -1.12. The van der Waals surface area contributed by atoms with Crippen molar-refractivity contribution >= 4 is 17.7 Å². The number of pyridine rings is 1. The Hall–Kier alpha value is -3.16. The minimum absolute atomic E-state index is 0.0308. The number of ether oxygens (including phenoxy) is 1. The van der Waals surface area contributed by atoms with Crippen LogP contribution in [0.15, 0.2) is 30.6 Å². The first-order valence-electron chi connectivity index (χ1n) is 8.09. The average molecular weight is 359 g/mol. The summed E-state index contributed by atoms with van der Waals surface area (Å²) >= 11 is 0. The van der Waals surface area contributed by atoms with E-state index < -0.39 is 11.9 Å². The molecule has 0 spiro atoms. The number of fused-ring (bicyclic) bond motifs is 1. The summed E-state index contributed by atoms with van der Waals surface area (Å²) in [6, 6.07) is 4.75. The van der Waals surface area contributed by atoms with Crippen LogP contribution in [0.2, 0.25) is 0 Å². The Kier molecular flexibility index (Phi) is 5.01. The summed E-state index contributed by atoms with van der Waals surface area (Å²) in [6.07, 6.45) is 2.85. The highest BCUT2D eigenvalue weighted by Crippen LogP contribution is 2.34. The SMILES string of the molecule is CN1C(=O)CCc2cc(-c3cncc(OCCNC(=O)O)c3)c(F)cc21. The predicted molar refractivity (Wildman–Crippen MR) is 92.9 cm³/mol. The van der Waals surface area contributed by atoms with Crippen molar-refractivity contribution in [2.24, 2.45) is 0 Å². The second-order valence-corrected chi connectivity index (χ2v) is 5.90. The molecular formula is C18H18FN3O4. The van der Waals surface area contributed by atoms with E-state index in [1.54, 1.807) is 19.2 Å². The summed E-state index contributed by atoms with van der Waals surface area (Å²) in [4.78, 5) is 27.7. The van der Waals surface area contributed by atoms with Crippen LogP contribution in [0.1, 0.15) is 12.0 Å². The van der Waals surface area contributed by atoms with E-state index in [1.807, 2.05) is 0 Å². The molecule has 2 amide bonds. The number of aryl methyl sites for hydroxylation is 1. The zero-order chi connectivity index (χ0) is 18.7. The molecule has 1 aromatic carbocycles. The van der Waals surface area contributed by atoms with Gasteiger partial charge in [-0.25, -0.2) is 9.18 Å². The maximum absolute atomic E-state index is 14.6. The lowest BCUT2D eigenvalue weighted by Gasteiger charge is -2.26. The number of aromatic nitrogens is 1. The van der Waals surface area contributed by atoms with Gasteiger partial charge in [0.25, 0.3) is 0 Å². The molecule has 7 nitrogen and oxygen atoms in total. The zero-order valence-electron chi connectivity index (χ0n) is 14.2.